The summed E-state index contributed by atoms with van der Waals surface area (Å²) in [6.07, 6.45) is 9.60. The van der Waals surface area contributed by atoms with Crippen molar-refractivity contribution in [2.45, 2.75) is 26.4 Å². The van der Waals surface area contributed by atoms with Crippen molar-refractivity contribution in [3.8, 4) is 23.2 Å². The first-order valence-corrected chi connectivity index (χ1v) is 13.5. The minimum absolute atomic E-state index is 0.322. The summed E-state index contributed by atoms with van der Waals surface area (Å²) in [5, 5.41) is 22.2. The van der Waals surface area contributed by atoms with E-state index in [0.717, 1.165) is 33.2 Å². The summed E-state index contributed by atoms with van der Waals surface area (Å²) in [5.41, 5.74) is 9.21. The number of ether oxygens (including phenoxy) is 2. The lowest BCUT2D eigenvalue weighted by molar-refractivity contribution is 0.0636. The number of carbonyl (C=O) groups excluding carboxylic acids is 2. The molecule has 44 heavy (non-hydrogen) atoms. The number of primary amides is 1. The second kappa shape index (κ2) is 11.7. The Morgan fingerprint density at radius 1 is 0.909 bits per heavy atom. The third-order valence-corrected chi connectivity index (χ3v) is 6.39. The molecular weight excluding hydrogens is 562 g/mol. The van der Waals surface area contributed by atoms with Gasteiger partial charge in [0.25, 0.3) is 0 Å². The third kappa shape index (κ3) is 6.55. The number of nitrogens with zero attached hydrogens (tertiary/aromatic N) is 7. The number of carbonyl (C=O) groups is 2. The van der Waals surface area contributed by atoms with Gasteiger partial charge in [0.15, 0.2) is 0 Å². The van der Waals surface area contributed by atoms with Crippen molar-refractivity contribution in [3.05, 3.63) is 85.2 Å². The maximum atomic E-state index is 11.9. The Balaban J connectivity index is 0.000000175. The van der Waals surface area contributed by atoms with Crippen LogP contribution in [-0.4, -0.2) is 46.5 Å². The van der Waals surface area contributed by atoms with Gasteiger partial charge in [0, 0.05) is 61.4 Å². The van der Waals surface area contributed by atoms with Gasteiger partial charge in [-0.1, -0.05) is 6.07 Å². The second-order valence-electron chi connectivity index (χ2n) is 11.0. The van der Waals surface area contributed by atoms with Gasteiger partial charge in [-0.15, -0.1) is 0 Å². The second-order valence-corrected chi connectivity index (χ2v) is 11.0. The normalized spacial score (nSPS) is 11.1. The van der Waals surface area contributed by atoms with Crippen molar-refractivity contribution in [2.75, 3.05) is 5.32 Å². The molecule has 0 spiro atoms. The fourth-order valence-electron chi connectivity index (χ4n) is 4.61. The van der Waals surface area contributed by atoms with E-state index in [1.807, 2.05) is 86.9 Å². The van der Waals surface area contributed by atoms with Crippen molar-refractivity contribution in [1.82, 2.24) is 28.7 Å². The predicted molar refractivity (Wildman–Crippen MR) is 165 cm³/mol. The molecule has 0 fully saturated rings. The molecule has 6 aromatic rings. The Kier molecular flexibility index (Phi) is 7.83. The largest absolute Gasteiger partial charge is 0.444 e. The zero-order chi connectivity index (χ0) is 31.6. The highest BCUT2D eigenvalue weighted by Gasteiger charge is 2.17. The number of anilines is 1. The summed E-state index contributed by atoms with van der Waals surface area (Å²) in [6, 6.07) is 14.9. The van der Waals surface area contributed by atoms with Gasteiger partial charge in [-0.25, -0.2) is 9.59 Å². The quantitative estimate of drug-likeness (QED) is 0.277. The van der Waals surface area contributed by atoms with Crippen LogP contribution in [0.3, 0.4) is 0 Å². The zero-order valence-electron chi connectivity index (χ0n) is 24.8. The fraction of sp³-hybridized carbons (Fsp3) is 0.194. The third-order valence-electron chi connectivity index (χ3n) is 6.39. The van der Waals surface area contributed by atoms with Crippen LogP contribution in [0.2, 0.25) is 0 Å². The van der Waals surface area contributed by atoms with Crippen LogP contribution in [0.4, 0.5) is 15.3 Å². The fourth-order valence-corrected chi connectivity index (χ4v) is 4.61. The van der Waals surface area contributed by atoms with E-state index >= 15 is 0 Å². The van der Waals surface area contributed by atoms with Gasteiger partial charge >= 0.3 is 12.2 Å². The molecule has 0 atom stereocenters. The van der Waals surface area contributed by atoms with Gasteiger partial charge < -0.3 is 24.3 Å². The van der Waals surface area contributed by atoms with E-state index in [4.69, 9.17) is 15.2 Å². The number of nitrogens with two attached hydrogens (primary N) is 1. The number of hydrogen-bond acceptors (Lipinski definition) is 7. The first-order valence-electron chi connectivity index (χ1n) is 13.5. The molecule has 0 unspecified atom stereocenters. The Bertz CT molecular complexity index is 2030. The van der Waals surface area contributed by atoms with Gasteiger partial charge in [-0.3, -0.25) is 14.7 Å². The zero-order valence-corrected chi connectivity index (χ0v) is 24.8. The number of nitrogens with one attached hydrogen (secondary N) is 1. The van der Waals surface area contributed by atoms with Crippen LogP contribution in [0.25, 0.3) is 33.2 Å². The van der Waals surface area contributed by atoms with Crippen LogP contribution in [0.5, 0.6) is 5.75 Å². The van der Waals surface area contributed by atoms with Crippen molar-refractivity contribution >= 4 is 39.7 Å². The average molecular weight is 594 g/mol. The molecule has 0 bridgehead atoms. The number of hydrogen-bond donors (Lipinski definition) is 2. The van der Waals surface area contributed by atoms with Crippen LogP contribution in [0.15, 0.2) is 79.6 Å². The highest BCUT2D eigenvalue weighted by molar-refractivity contribution is 5.91. The molecule has 4 heterocycles. The molecule has 3 N–H and O–H groups in total. The number of nitriles is 1. The van der Waals surface area contributed by atoms with Crippen molar-refractivity contribution < 1.29 is 19.1 Å². The molecule has 0 aliphatic heterocycles. The Morgan fingerprint density at radius 3 is 2.18 bits per heavy atom. The number of benzene rings is 2. The molecule has 0 saturated carbocycles. The monoisotopic (exact) mass is 593 g/mol. The van der Waals surface area contributed by atoms with E-state index in [1.165, 1.54) is 0 Å². The summed E-state index contributed by atoms with van der Waals surface area (Å²) < 4.78 is 17.4. The van der Waals surface area contributed by atoms with Crippen LogP contribution in [0, 0.1) is 11.3 Å². The van der Waals surface area contributed by atoms with Gasteiger partial charge in [-0.2, -0.15) is 15.5 Å². The molecule has 2 amide bonds. The van der Waals surface area contributed by atoms with Crippen LogP contribution in [0.1, 0.15) is 26.3 Å². The molecule has 0 saturated heterocycles. The van der Waals surface area contributed by atoms with E-state index in [1.54, 1.807) is 46.2 Å². The van der Waals surface area contributed by atoms with E-state index in [2.05, 4.69) is 21.6 Å². The summed E-state index contributed by atoms with van der Waals surface area (Å²) >= 11 is 0. The van der Waals surface area contributed by atoms with Crippen LogP contribution in [-0.2, 0) is 18.8 Å². The van der Waals surface area contributed by atoms with Crippen molar-refractivity contribution in [1.29, 1.82) is 5.26 Å². The topological polar surface area (TPSA) is 160 Å². The lowest BCUT2D eigenvalue weighted by atomic mass is 10.2. The van der Waals surface area contributed by atoms with Gasteiger partial charge in [0.05, 0.1) is 40.4 Å². The Hall–Kier alpha value is -6.03. The Morgan fingerprint density at radius 2 is 1.59 bits per heavy atom. The molecule has 2 aromatic carbocycles. The lowest BCUT2D eigenvalue weighted by Gasteiger charge is -2.19. The molecule has 6 rings (SSSR count). The molecule has 0 aliphatic rings. The van der Waals surface area contributed by atoms with Gasteiger partial charge in [-0.05, 0) is 51.1 Å². The van der Waals surface area contributed by atoms with Gasteiger partial charge in [0.1, 0.15) is 17.4 Å². The summed E-state index contributed by atoms with van der Waals surface area (Å²) in [6.45, 7) is 5.51. The molecule has 224 valence electrons. The number of rotatable bonds is 4. The molecular formula is C31H31N9O4. The SMILES string of the molecule is Cn1cc(-n2cc(C#N)c3ccc(OC(N)=O)cc32)cn1.Cn1cc(-n2ccc3ccc(NC(=O)OC(C)(C)C)cc32)cn1. The summed E-state index contributed by atoms with van der Waals surface area (Å²) in [5.74, 6) is 0.322. The Labute approximate surface area is 252 Å². The molecule has 13 heteroatoms. The van der Waals surface area contributed by atoms with E-state index in [0.29, 0.717) is 17.0 Å². The van der Waals surface area contributed by atoms with Crippen molar-refractivity contribution in [3.63, 3.8) is 0 Å². The number of aromatic nitrogens is 6. The maximum Gasteiger partial charge on any atom is 0.412 e. The van der Waals surface area contributed by atoms with Gasteiger partial charge in [0.2, 0.25) is 0 Å². The average Bonchev–Trinajstić information content (AvgIpc) is 3.73. The standard InChI is InChI=1S/C17H20N4O2.C14H11N5O2/c1-17(2,3)23-16(22)19-13-6-5-12-7-8-21(15(12)9-13)14-10-18-20(4)11-14;1-18-8-10(6-17-18)19-7-9(5-15)12-3-2-11(4-13(12)19)21-14(16)20/h5-11H,1-4H3,(H,19,22);2-4,6-8H,1H3,(H2,16,20). The number of aryl methyl sites for hydroxylation is 2. The number of fused-ring (bicyclic) bond motifs is 2. The number of amides is 2. The van der Waals surface area contributed by atoms with E-state index in [-0.39, 0.29) is 0 Å². The molecule has 0 aliphatic carbocycles. The highest BCUT2D eigenvalue weighted by Crippen LogP contribution is 2.28. The lowest BCUT2D eigenvalue weighted by Crippen LogP contribution is -2.27. The minimum Gasteiger partial charge on any atom is -0.444 e. The molecule has 13 nitrogen and oxygen atoms in total. The maximum absolute atomic E-state index is 11.9. The molecule has 4 aromatic heterocycles. The van der Waals surface area contributed by atoms with Crippen molar-refractivity contribution in [2.24, 2.45) is 19.8 Å². The summed E-state index contributed by atoms with van der Waals surface area (Å²) in [4.78, 5) is 22.8. The first-order chi connectivity index (χ1) is 20.9. The molecule has 0 radical (unpaired) electrons. The smallest absolute Gasteiger partial charge is 0.412 e. The predicted octanol–water partition coefficient (Wildman–Crippen LogP) is 5.40. The van der Waals surface area contributed by atoms with Crippen LogP contribution < -0.4 is 15.8 Å². The van der Waals surface area contributed by atoms with E-state index in [9.17, 15) is 14.9 Å². The highest BCUT2D eigenvalue weighted by atomic mass is 16.6. The van der Waals surface area contributed by atoms with Crippen LogP contribution >= 0.6 is 0 Å². The summed E-state index contributed by atoms with van der Waals surface area (Å²) in [7, 11) is 3.69. The van der Waals surface area contributed by atoms with E-state index < -0.39 is 17.8 Å². The minimum atomic E-state index is -0.880. The first kappa shape index (κ1) is 29.5.